The van der Waals surface area contributed by atoms with Crippen LogP contribution in [0.2, 0.25) is 0 Å². The molecule has 3 aliphatic heterocycles. The van der Waals surface area contributed by atoms with Crippen molar-refractivity contribution in [3.05, 3.63) is 47.6 Å². The highest BCUT2D eigenvalue weighted by Gasteiger charge is 2.59. The first kappa shape index (κ1) is 24.3. The average molecular weight is 511 g/mol. The Kier molecular flexibility index (Phi) is 5.65. The number of piperidine rings is 1. The molecule has 4 aliphatic rings. The van der Waals surface area contributed by atoms with Crippen LogP contribution in [0, 0.1) is 23.5 Å². The smallest absolute Gasteiger partial charge is 0.388 e. The number of rotatable bonds is 5. The zero-order valence-corrected chi connectivity index (χ0v) is 19.0. The Bertz CT molecular complexity index is 1230. The Morgan fingerprint density at radius 1 is 1.36 bits per heavy atom. The monoisotopic (exact) mass is 511 g/mol. The summed E-state index contributed by atoms with van der Waals surface area (Å²) in [5.41, 5.74) is -1.41. The van der Waals surface area contributed by atoms with Crippen molar-refractivity contribution in [1.82, 2.24) is 15.2 Å². The fourth-order valence-corrected chi connectivity index (χ4v) is 4.87. The zero-order chi connectivity index (χ0) is 26.0. The Labute approximate surface area is 202 Å². The van der Waals surface area contributed by atoms with Gasteiger partial charge >= 0.3 is 6.18 Å². The van der Waals surface area contributed by atoms with Crippen LogP contribution < -0.4 is 10.2 Å². The molecule has 13 heteroatoms. The molecule has 2 fully saturated rings. The van der Waals surface area contributed by atoms with E-state index in [4.69, 9.17) is 0 Å². The predicted molar refractivity (Wildman–Crippen MR) is 116 cm³/mol. The Morgan fingerprint density at radius 3 is 2.72 bits per heavy atom. The first-order valence-corrected chi connectivity index (χ1v) is 11.4. The molecule has 4 atom stereocenters. The van der Waals surface area contributed by atoms with E-state index in [1.54, 1.807) is 6.08 Å². The summed E-state index contributed by atoms with van der Waals surface area (Å²) in [4.78, 5) is 37.0. The molecule has 3 unspecified atom stereocenters. The predicted octanol–water partition coefficient (Wildman–Crippen LogP) is 2.42. The summed E-state index contributed by atoms with van der Waals surface area (Å²) >= 11 is 0. The number of aromatic nitrogens is 1. The third kappa shape index (κ3) is 4.14. The summed E-state index contributed by atoms with van der Waals surface area (Å²) in [5.74, 6) is -5.15. The number of allylic oxidation sites excluding steroid dienone is 1. The molecule has 1 saturated heterocycles. The number of β-amino-alcohol motifs (C(OH)–C–C–N with tert-alkyl or cyclic N) is 1. The lowest BCUT2D eigenvalue weighted by Crippen LogP contribution is -2.50. The molecule has 4 heterocycles. The van der Waals surface area contributed by atoms with Gasteiger partial charge in [0, 0.05) is 31.3 Å². The van der Waals surface area contributed by atoms with E-state index in [1.807, 2.05) is 10.2 Å². The molecule has 1 saturated carbocycles. The third-order valence-electron chi connectivity index (χ3n) is 6.96. The minimum absolute atomic E-state index is 0.00230. The molecule has 192 valence electrons. The normalized spacial score (nSPS) is 28.1. The number of amidine groups is 1. The quantitative estimate of drug-likeness (QED) is 0.466. The Balaban J connectivity index is 1.52. The second-order valence-corrected chi connectivity index (χ2v) is 9.42. The van der Waals surface area contributed by atoms with Crippen molar-refractivity contribution in [2.75, 3.05) is 18.0 Å². The number of carbonyl (C=O) groups is 2. The van der Waals surface area contributed by atoms with Gasteiger partial charge in [0.15, 0.2) is 17.4 Å². The number of fused-ring (bicyclic) bond motifs is 2. The van der Waals surface area contributed by atoms with Gasteiger partial charge in [-0.05, 0) is 25.3 Å². The Hall–Kier alpha value is -3.35. The van der Waals surface area contributed by atoms with Crippen LogP contribution in [0.1, 0.15) is 26.2 Å². The summed E-state index contributed by atoms with van der Waals surface area (Å²) in [6, 6.07) is -1.63. The van der Waals surface area contributed by atoms with Gasteiger partial charge in [0.05, 0.1) is 23.3 Å². The SMILES string of the molecule is CC[C@@H](NC(=O)C1=CN(c2ncc(F)cc2F)C2=NC(N3CC4CC4(O)C3)=CCC2C1=O)C(F)(F)F. The van der Waals surface area contributed by atoms with Crippen LogP contribution in [0.3, 0.4) is 0 Å². The molecule has 1 amide bonds. The maximum atomic E-state index is 14.7. The number of aliphatic imine (C=N–C) groups is 1. The van der Waals surface area contributed by atoms with Gasteiger partial charge in [-0.2, -0.15) is 13.2 Å². The summed E-state index contributed by atoms with van der Waals surface area (Å²) in [7, 11) is 0. The van der Waals surface area contributed by atoms with Gasteiger partial charge in [-0.1, -0.05) is 6.92 Å². The number of amides is 1. The first-order valence-electron chi connectivity index (χ1n) is 11.4. The zero-order valence-electron chi connectivity index (χ0n) is 19.0. The van der Waals surface area contributed by atoms with Crippen molar-refractivity contribution in [2.24, 2.45) is 16.8 Å². The fraction of sp³-hybridized carbons (Fsp3) is 0.478. The molecule has 1 aliphatic carbocycles. The van der Waals surface area contributed by atoms with E-state index >= 15 is 0 Å². The van der Waals surface area contributed by atoms with Crippen LogP contribution in [-0.2, 0) is 9.59 Å². The summed E-state index contributed by atoms with van der Waals surface area (Å²) in [6.07, 6.45) is -1.22. The number of nitrogens with zero attached hydrogens (tertiary/aromatic N) is 4. The maximum Gasteiger partial charge on any atom is 0.408 e. The first-order chi connectivity index (χ1) is 16.9. The number of nitrogens with one attached hydrogen (secondary N) is 1. The van der Waals surface area contributed by atoms with E-state index in [2.05, 4.69) is 9.98 Å². The van der Waals surface area contributed by atoms with Gasteiger partial charge in [0.25, 0.3) is 5.91 Å². The molecule has 0 spiro atoms. The van der Waals surface area contributed by atoms with Crippen molar-refractivity contribution < 1.29 is 36.6 Å². The molecular formula is C23H22F5N5O3. The number of hydrogen-bond donors (Lipinski definition) is 2. The molecule has 8 nitrogen and oxygen atoms in total. The second kappa shape index (κ2) is 8.36. The topological polar surface area (TPSA) is 98.1 Å². The number of alkyl halides is 3. The van der Waals surface area contributed by atoms with Crippen molar-refractivity contribution in [3.8, 4) is 0 Å². The van der Waals surface area contributed by atoms with E-state index in [0.29, 0.717) is 31.4 Å². The molecule has 1 aromatic rings. The lowest BCUT2D eigenvalue weighted by Gasteiger charge is -2.35. The molecule has 5 rings (SSSR count). The lowest BCUT2D eigenvalue weighted by molar-refractivity contribution is -0.161. The standard InChI is InChI=1S/C23H22F5N5O3/c1-2-16(23(26,27)28)30-21(35)14-9-33(20-15(25)5-12(24)7-29-20)19-13(18(14)34)3-4-17(31-19)32-8-11-6-22(11,36)10-32/h4-5,7,9,11,13,16,36H,2-3,6,8,10H2,1H3,(H,30,35)/t11?,13?,16-,22?/m1/s1. The molecular weight excluding hydrogens is 489 g/mol. The van der Waals surface area contributed by atoms with Gasteiger partial charge in [-0.15, -0.1) is 0 Å². The number of hydrogen-bond acceptors (Lipinski definition) is 7. The van der Waals surface area contributed by atoms with Crippen molar-refractivity contribution in [2.45, 2.75) is 44.0 Å². The average Bonchev–Trinajstić information content (AvgIpc) is 3.32. The third-order valence-corrected chi connectivity index (χ3v) is 6.96. The molecule has 0 radical (unpaired) electrons. The van der Waals surface area contributed by atoms with E-state index in [-0.39, 0.29) is 18.2 Å². The van der Waals surface area contributed by atoms with Crippen LogP contribution in [0.25, 0.3) is 0 Å². The number of pyridine rings is 1. The van der Waals surface area contributed by atoms with Gasteiger partial charge < -0.3 is 15.3 Å². The number of Topliss-reactive ketones (excluding diaryl/α,β-unsaturated/α-hetero) is 1. The minimum atomic E-state index is -4.73. The van der Waals surface area contributed by atoms with E-state index in [0.717, 1.165) is 17.3 Å². The van der Waals surface area contributed by atoms with Crippen molar-refractivity contribution >= 4 is 23.3 Å². The molecule has 0 bridgehead atoms. The lowest BCUT2D eigenvalue weighted by atomic mass is 9.88. The van der Waals surface area contributed by atoms with Crippen LogP contribution >= 0.6 is 0 Å². The van der Waals surface area contributed by atoms with Gasteiger partial charge in [-0.25, -0.2) is 18.8 Å². The Morgan fingerprint density at radius 2 is 2.11 bits per heavy atom. The van der Waals surface area contributed by atoms with Crippen LogP contribution in [0.15, 0.2) is 40.9 Å². The second-order valence-electron chi connectivity index (χ2n) is 9.42. The van der Waals surface area contributed by atoms with E-state index in [9.17, 15) is 36.6 Å². The highest BCUT2D eigenvalue weighted by Crippen LogP contribution is 2.50. The van der Waals surface area contributed by atoms with Crippen molar-refractivity contribution in [3.63, 3.8) is 0 Å². The molecule has 2 N–H and O–H groups in total. The number of aliphatic hydroxyl groups is 1. The summed E-state index contributed by atoms with van der Waals surface area (Å²) < 4.78 is 67.9. The largest absolute Gasteiger partial charge is 0.408 e. The number of anilines is 1. The highest BCUT2D eigenvalue weighted by atomic mass is 19.4. The van der Waals surface area contributed by atoms with Gasteiger partial charge in [-0.3, -0.25) is 14.5 Å². The number of halogens is 5. The number of likely N-dealkylation sites (tertiary alicyclic amines) is 1. The van der Waals surface area contributed by atoms with Crippen LogP contribution in [0.4, 0.5) is 27.8 Å². The fourth-order valence-electron chi connectivity index (χ4n) is 4.87. The summed E-state index contributed by atoms with van der Waals surface area (Å²) in [6.45, 7) is 2.11. The molecule has 0 aromatic carbocycles. The van der Waals surface area contributed by atoms with Gasteiger partial charge in [0.1, 0.15) is 23.5 Å². The minimum Gasteiger partial charge on any atom is -0.388 e. The molecule has 1 aromatic heterocycles. The van der Waals surface area contributed by atoms with Crippen LogP contribution in [-0.4, -0.2) is 63.4 Å². The van der Waals surface area contributed by atoms with Crippen LogP contribution in [0.5, 0.6) is 0 Å². The number of carbonyl (C=O) groups excluding carboxylic acids is 2. The van der Waals surface area contributed by atoms with E-state index < -0.39 is 64.9 Å². The highest BCUT2D eigenvalue weighted by molar-refractivity contribution is 6.30. The van der Waals surface area contributed by atoms with Gasteiger partial charge in [0.2, 0.25) is 0 Å². The number of ketones is 1. The van der Waals surface area contributed by atoms with Crippen molar-refractivity contribution in [1.29, 1.82) is 0 Å². The molecule has 36 heavy (non-hydrogen) atoms. The summed E-state index contributed by atoms with van der Waals surface area (Å²) in [5, 5.41) is 12.2. The van der Waals surface area contributed by atoms with E-state index in [1.165, 1.54) is 6.92 Å². The maximum absolute atomic E-state index is 14.7.